The number of aromatic nitrogens is 2. The molecule has 136 valence electrons. The highest BCUT2D eigenvalue weighted by atomic mass is 35.5. The molecule has 1 aliphatic carbocycles. The summed E-state index contributed by atoms with van der Waals surface area (Å²) in [6.07, 6.45) is 6.28. The summed E-state index contributed by atoms with van der Waals surface area (Å²) in [5.74, 6) is 0.498. The Kier molecular flexibility index (Phi) is 5.74. The van der Waals surface area contributed by atoms with Crippen LogP contribution in [0.2, 0.25) is 0 Å². The molecule has 0 atom stereocenters. The Morgan fingerprint density at radius 1 is 1.27 bits per heavy atom. The number of nitrogens with zero attached hydrogens (tertiary/aromatic N) is 2. The maximum atomic E-state index is 11.9. The number of nitrogens with one attached hydrogen (secondary N) is 1. The van der Waals surface area contributed by atoms with Gasteiger partial charge in [-0.3, -0.25) is 0 Å². The Balaban J connectivity index is 0.00000196. The first-order valence-electron chi connectivity index (χ1n) is 8.55. The lowest BCUT2D eigenvalue weighted by atomic mass is 9.97. The first-order valence-corrected chi connectivity index (χ1v) is 9.37. The number of anilines is 2. The van der Waals surface area contributed by atoms with Crippen molar-refractivity contribution in [2.24, 2.45) is 0 Å². The van der Waals surface area contributed by atoms with Crippen LogP contribution in [0.5, 0.6) is 0 Å². The fourth-order valence-electron chi connectivity index (χ4n) is 3.26. The Hall–Kier alpha value is -2.18. The monoisotopic (exact) mass is 389 g/mol. The number of thiophene rings is 1. The van der Waals surface area contributed by atoms with E-state index in [1.165, 1.54) is 23.3 Å². The average Bonchev–Trinajstić information content (AvgIpc) is 3.02. The van der Waals surface area contributed by atoms with Crippen LogP contribution in [-0.2, 0) is 17.6 Å². The molecule has 26 heavy (non-hydrogen) atoms. The van der Waals surface area contributed by atoms with Gasteiger partial charge < -0.3 is 10.1 Å². The number of hydrogen-bond donors (Lipinski definition) is 1. The van der Waals surface area contributed by atoms with Gasteiger partial charge in [-0.25, -0.2) is 14.8 Å². The minimum absolute atomic E-state index is 0. The smallest absolute Gasteiger partial charge is 0.338 e. The fourth-order valence-corrected chi connectivity index (χ4v) is 4.49. The number of halogens is 1. The molecule has 2 heterocycles. The zero-order valence-corrected chi connectivity index (χ0v) is 16.1. The van der Waals surface area contributed by atoms with Gasteiger partial charge >= 0.3 is 5.97 Å². The van der Waals surface area contributed by atoms with Crippen molar-refractivity contribution in [2.75, 3.05) is 11.9 Å². The second-order valence-electron chi connectivity index (χ2n) is 6.04. The molecule has 0 radical (unpaired) electrons. The van der Waals surface area contributed by atoms with E-state index >= 15 is 0 Å². The van der Waals surface area contributed by atoms with Crippen LogP contribution in [-0.4, -0.2) is 22.5 Å². The molecule has 0 aliphatic heterocycles. The molecule has 0 bridgehead atoms. The van der Waals surface area contributed by atoms with E-state index in [-0.39, 0.29) is 18.4 Å². The molecule has 5 nitrogen and oxygen atoms in total. The predicted molar refractivity (Wildman–Crippen MR) is 107 cm³/mol. The largest absolute Gasteiger partial charge is 0.462 e. The molecule has 0 amide bonds. The number of aryl methyl sites for hydroxylation is 2. The normalized spacial score (nSPS) is 13.0. The number of hydrogen-bond acceptors (Lipinski definition) is 6. The van der Waals surface area contributed by atoms with Crippen LogP contribution in [0.1, 0.15) is 40.6 Å². The quantitative estimate of drug-likeness (QED) is 0.642. The van der Waals surface area contributed by atoms with Gasteiger partial charge in [0.2, 0.25) is 0 Å². The van der Waals surface area contributed by atoms with Crippen molar-refractivity contribution >= 4 is 51.4 Å². The topological polar surface area (TPSA) is 64.1 Å². The van der Waals surface area contributed by atoms with E-state index in [0.29, 0.717) is 12.2 Å². The lowest BCUT2D eigenvalue weighted by Crippen LogP contribution is -2.05. The van der Waals surface area contributed by atoms with Gasteiger partial charge in [0.1, 0.15) is 17.0 Å². The van der Waals surface area contributed by atoms with E-state index < -0.39 is 0 Å². The van der Waals surface area contributed by atoms with Gasteiger partial charge in [0.15, 0.2) is 0 Å². The molecule has 0 fully saturated rings. The van der Waals surface area contributed by atoms with Crippen LogP contribution in [0.3, 0.4) is 0 Å². The minimum atomic E-state index is -0.313. The third kappa shape index (κ3) is 3.52. The Morgan fingerprint density at radius 2 is 2.12 bits per heavy atom. The number of esters is 1. The first kappa shape index (κ1) is 18.6. The second-order valence-corrected chi connectivity index (χ2v) is 7.12. The van der Waals surface area contributed by atoms with E-state index in [1.54, 1.807) is 36.7 Å². The van der Waals surface area contributed by atoms with Gasteiger partial charge in [-0.2, -0.15) is 0 Å². The highest BCUT2D eigenvalue weighted by Crippen LogP contribution is 2.38. The predicted octanol–water partition coefficient (Wildman–Crippen LogP) is 4.91. The summed E-state index contributed by atoms with van der Waals surface area (Å²) in [5, 5.41) is 4.50. The third-order valence-electron chi connectivity index (χ3n) is 4.39. The van der Waals surface area contributed by atoms with E-state index in [2.05, 4.69) is 15.3 Å². The Bertz CT molecular complexity index is 942. The van der Waals surface area contributed by atoms with Crippen LogP contribution < -0.4 is 5.32 Å². The van der Waals surface area contributed by atoms with Crippen molar-refractivity contribution in [3.05, 3.63) is 46.6 Å². The minimum Gasteiger partial charge on any atom is -0.462 e. The van der Waals surface area contributed by atoms with Crippen molar-refractivity contribution in [1.82, 2.24) is 9.97 Å². The van der Waals surface area contributed by atoms with Crippen LogP contribution in [0.15, 0.2) is 30.6 Å². The van der Waals surface area contributed by atoms with Gasteiger partial charge in [0.05, 0.1) is 17.6 Å². The lowest BCUT2D eigenvalue weighted by Gasteiger charge is -2.13. The molecule has 0 unspecified atom stereocenters. The summed E-state index contributed by atoms with van der Waals surface area (Å²) in [6, 6.07) is 7.32. The van der Waals surface area contributed by atoms with Crippen LogP contribution in [0.25, 0.3) is 10.2 Å². The zero-order chi connectivity index (χ0) is 17.2. The van der Waals surface area contributed by atoms with Crippen LogP contribution >= 0.6 is 23.7 Å². The molecule has 0 saturated heterocycles. The summed E-state index contributed by atoms with van der Waals surface area (Å²) < 4.78 is 5.07. The van der Waals surface area contributed by atoms with Crippen molar-refractivity contribution in [3.63, 3.8) is 0 Å². The van der Waals surface area contributed by atoms with E-state index in [1.807, 2.05) is 12.1 Å². The van der Waals surface area contributed by atoms with Crippen molar-refractivity contribution in [3.8, 4) is 0 Å². The lowest BCUT2D eigenvalue weighted by molar-refractivity contribution is 0.0526. The molecule has 7 heteroatoms. The number of benzene rings is 1. The number of fused-ring (bicyclic) bond motifs is 3. The molecule has 0 spiro atoms. The third-order valence-corrected chi connectivity index (χ3v) is 5.59. The maximum absolute atomic E-state index is 11.9. The van der Waals surface area contributed by atoms with Crippen LogP contribution in [0, 0.1) is 0 Å². The molecule has 1 N–H and O–H groups in total. The number of rotatable bonds is 4. The average molecular weight is 390 g/mol. The molecular formula is C19H20ClN3O2S. The van der Waals surface area contributed by atoms with E-state index in [4.69, 9.17) is 4.74 Å². The number of ether oxygens (including phenoxy) is 1. The number of carbonyl (C=O) groups is 1. The van der Waals surface area contributed by atoms with Gasteiger partial charge in [0, 0.05) is 10.6 Å². The summed E-state index contributed by atoms with van der Waals surface area (Å²) in [5.41, 5.74) is 2.74. The number of carbonyl (C=O) groups excluding carboxylic acids is 1. The SMILES string of the molecule is CCOC(=O)c1cccc(Nc2ncnc3sc4c(c23)CCCC4)c1.Cl. The van der Waals surface area contributed by atoms with Crippen LogP contribution in [0.4, 0.5) is 11.5 Å². The highest BCUT2D eigenvalue weighted by molar-refractivity contribution is 7.19. The first-order chi connectivity index (χ1) is 12.3. The highest BCUT2D eigenvalue weighted by Gasteiger charge is 2.20. The molecule has 1 aliphatic rings. The van der Waals surface area contributed by atoms with Gasteiger partial charge in [-0.05, 0) is 56.4 Å². The van der Waals surface area contributed by atoms with Gasteiger partial charge in [0.25, 0.3) is 0 Å². The van der Waals surface area contributed by atoms with E-state index in [0.717, 1.165) is 34.6 Å². The van der Waals surface area contributed by atoms with Crippen molar-refractivity contribution in [1.29, 1.82) is 0 Å². The summed E-state index contributed by atoms with van der Waals surface area (Å²) in [6.45, 7) is 2.17. The summed E-state index contributed by atoms with van der Waals surface area (Å²) in [7, 11) is 0. The fraction of sp³-hybridized carbons (Fsp3) is 0.316. The standard InChI is InChI=1S/C19H19N3O2S.ClH/c1-2-24-19(23)12-6-5-7-13(10-12)22-17-16-14-8-3-4-9-15(14)25-18(16)21-11-20-17;/h5-7,10-11H,2-4,8-9H2,1H3,(H,20,21,22);1H. The summed E-state index contributed by atoms with van der Waals surface area (Å²) in [4.78, 5) is 23.3. The second kappa shape index (κ2) is 8.01. The molecule has 1 aromatic carbocycles. The Morgan fingerprint density at radius 3 is 2.96 bits per heavy atom. The van der Waals surface area contributed by atoms with E-state index in [9.17, 15) is 4.79 Å². The molecule has 0 saturated carbocycles. The molecule has 4 rings (SSSR count). The Labute approximate surface area is 162 Å². The summed E-state index contributed by atoms with van der Waals surface area (Å²) >= 11 is 1.77. The van der Waals surface area contributed by atoms with Gasteiger partial charge in [-0.1, -0.05) is 6.07 Å². The molecular weight excluding hydrogens is 370 g/mol. The molecule has 3 aromatic rings. The van der Waals surface area contributed by atoms with Gasteiger partial charge in [-0.15, -0.1) is 23.7 Å². The maximum Gasteiger partial charge on any atom is 0.338 e. The van der Waals surface area contributed by atoms with Crippen molar-refractivity contribution < 1.29 is 9.53 Å². The zero-order valence-electron chi connectivity index (χ0n) is 14.4. The molecule has 2 aromatic heterocycles. The van der Waals surface area contributed by atoms with Crippen molar-refractivity contribution in [2.45, 2.75) is 32.6 Å².